The first-order chi connectivity index (χ1) is 4.00. The van der Waals surface area contributed by atoms with Crippen LogP contribution in [0.25, 0.3) is 0 Å². The van der Waals surface area contributed by atoms with Crippen molar-refractivity contribution in [2.24, 2.45) is 0 Å². The van der Waals surface area contributed by atoms with Crippen LogP contribution in [0.5, 0.6) is 0 Å². The molecule has 0 rings (SSSR count). The smallest absolute Gasteiger partial charge is 4.00 e. The van der Waals surface area contributed by atoms with E-state index in [1.54, 1.807) is 0 Å². The molecule has 0 N–H and O–H groups in total. The molecule has 8 nitrogen and oxygen atoms in total. The van der Waals surface area contributed by atoms with Gasteiger partial charge in [-0.2, -0.15) is 0 Å². The van der Waals surface area contributed by atoms with Gasteiger partial charge in [0.2, 0.25) is 0 Å². The van der Waals surface area contributed by atoms with Gasteiger partial charge in [-0.3, -0.25) is 0 Å². The van der Waals surface area contributed by atoms with Gasteiger partial charge < -0.3 is 0 Å². The van der Waals surface area contributed by atoms with E-state index in [0.717, 1.165) is 0 Å². The molecule has 0 aliphatic heterocycles. The second kappa shape index (κ2) is 6.50. The van der Waals surface area contributed by atoms with Crippen LogP contribution in [0.1, 0.15) is 0 Å². The number of rotatable bonds is 0. The van der Waals surface area contributed by atoms with Gasteiger partial charge in [-0.25, -0.2) is 0 Å². The van der Waals surface area contributed by atoms with Crippen LogP contribution in [0, 0.1) is 0 Å². The van der Waals surface area contributed by atoms with E-state index in [9.17, 15) is 0 Å². The van der Waals surface area contributed by atoms with Gasteiger partial charge in [-0.1, -0.05) is 0 Å². The van der Waals surface area contributed by atoms with E-state index in [0.29, 0.717) is 0 Å². The summed E-state index contributed by atoms with van der Waals surface area (Å²) in [6.07, 6.45) is 0. The Morgan fingerprint density at radius 3 is 0.636 bits per heavy atom. The molecule has 0 saturated carbocycles. The van der Waals surface area contributed by atoms with Crippen LogP contribution in [-0.4, -0.2) is 0 Å². The first kappa shape index (κ1) is 17.9. The Morgan fingerprint density at radius 2 is 0.636 bits per heavy atom. The maximum Gasteiger partial charge on any atom is 4.00 e. The van der Waals surface area contributed by atoms with Crippen molar-refractivity contribution in [1.82, 2.24) is 0 Å². The zero-order valence-corrected chi connectivity index (χ0v) is 9.59. The number of hydrogen-bond acceptors (Lipinski definition) is 8. The van der Waals surface area contributed by atoms with E-state index in [1.165, 1.54) is 0 Å². The molecule has 0 heterocycles. The van der Waals surface area contributed by atoms with E-state index >= 15 is 0 Å². The van der Waals surface area contributed by atoms with Gasteiger partial charge in [0.1, 0.15) is 0 Å². The Labute approximate surface area is 84.8 Å². The van der Waals surface area contributed by atoms with Crippen molar-refractivity contribution in [2.45, 2.75) is 0 Å². The minimum atomic E-state index is -5.75. The molecule has 0 amide bonds. The normalized spacial score (nSPS) is 10.5. The van der Waals surface area contributed by atoms with E-state index in [2.05, 4.69) is 0 Å². The van der Waals surface area contributed by atoms with Gasteiger partial charge in [-0.15, -0.1) is 0 Å². The van der Waals surface area contributed by atoms with Crippen molar-refractivity contribution < 1.29 is 85.3 Å². The Morgan fingerprint density at radius 1 is 0.636 bits per heavy atom. The average Bonchev–Trinajstić information content (AvgIpc) is 1.12. The third-order valence-electron chi connectivity index (χ3n) is 0. The SMILES string of the molecule is [O]=[Cr](=[O])([O-])[O-].[O]=[Cr](=[O])([O-])[O-].[Zr+4]. The van der Waals surface area contributed by atoms with Gasteiger partial charge in [0.05, 0.1) is 0 Å². The molecule has 0 saturated heterocycles. The second-order valence-corrected chi connectivity index (χ2v) is 3.37. The van der Waals surface area contributed by atoms with Crippen LogP contribution in [-0.2, 0) is 68.6 Å². The molecule has 11 heavy (non-hydrogen) atoms. The van der Waals surface area contributed by atoms with Crippen molar-refractivity contribution in [3.05, 3.63) is 0 Å². The molecule has 0 aliphatic carbocycles. The summed E-state index contributed by atoms with van der Waals surface area (Å²) in [4.78, 5) is 0. The Bertz CT molecular complexity index is 208. The summed E-state index contributed by atoms with van der Waals surface area (Å²) in [5.41, 5.74) is 0. The van der Waals surface area contributed by atoms with Crippen LogP contribution < -0.4 is 16.6 Å². The summed E-state index contributed by atoms with van der Waals surface area (Å²) in [6, 6.07) is 0. The quantitative estimate of drug-likeness (QED) is 0.427. The van der Waals surface area contributed by atoms with Crippen LogP contribution in [0.3, 0.4) is 0 Å². The molecule has 0 fully saturated rings. The molecule has 0 spiro atoms. The first-order valence-corrected chi connectivity index (χ1v) is 5.50. The summed E-state index contributed by atoms with van der Waals surface area (Å²) in [5, 5.41) is 0. The van der Waals surface area contributed by atoms with Crippen LogP contribution in [0.2, 0.25) is 0 Å². The van der Waals surface area contributed by atoms with Crippen LogP contribution in [0.15, 0.2) is 0 Å². The first-order valence-electron chi connectivity index (χ1n) is 1.33. The molecular weight excluding hydrogens is 323 g/mol. The molecule has 0 aromatic heterocycles. The van der Waals surface area contributed by atoms with Crippen molar-refractivity contribution in [3.63, 3.8) is 0 Å². The summed E-state index contributed by atoms with van der Waals surface area (Å²) in [5.74, 6) is 0. The van der Waals surface area contributed by atoms with Crippen LogP contribution >= 0.6 is 0 Å². The predicted molar refractivity (Wildman–Crippen MR) is 2.75 cm³/mol. The van der Waals surface area contributed by atoms with E-state index in [1.807, 2.05) is 0 Å². The topological polar surface area (TPSA) is 161 Å². The summed E-state index contributed by atoms with van der Waals surface area (Å²) in [6.45, 7) is 0. The zero-order valence-electron chi connectivity index (χ0n) is 4.58. The maximum atomic E-state index is 8.59. The van der Waals surface area contributed by atoms with Gasteiger partial charge in [0.15, 0.2) is 0 Å². The van der Waals surface area contributed by atoms with E-state index in [4.69, 9.17) is 31.8 Å². The monoisotopic (exact) mass is 322 g/mol. The molecule has 0 bridgehead atoms. The summed E-state index contributed by atoms with van der Waals surface area (Å²) in [7, 11) is 0. The third-order valence-corrected chi connectivity index (χ3v) is 0. The van der Waals surface area contributed by atoms with Crippen molar-refractivity contribution >= 4 is 0 Å². The fourth-order valence-electron chi connectivity index (χ4n) is 0. The molecule has 0 aliphatic rings. The van der Waals surface area contributed by atoms with Crippen LogP contribution in [0.4, 0.5) is 0 Å². The van der Waals surface area contributed by atoms with Gasteiger partial charge >= 0.3 is 85.3 Å². The summed E-state index contributed by atoms with van der Waals surface area (Å²) >= 11 is -11.5. The summed E-state index contributed by atoms with van der Waals surface area (Å²) < 4.78 is 68.8. The second-order valence-electron chi connectivity index (χ2n) is 0.816. The van der Waals surface area contributed by atoms with Gasteiger partial charge in [0.25, 0.3) is 0 Å². The molecular formula is Cr2O8Zr. The van der Waals surface area contributed by atoms with Crippen molar-refractivity contribution in [2.75, 3.05) is 0 Å². The Balaban J connectivity index is -0.000000107. The molecule has 0 aromatic carbocycles. The zero-order chi connectivity index (χ0) is 9.00. The Kier molecular flexibility index (Phi) is 10.6. The van der Waals surface area contributed by atoms with E-state index < -0.39 is 27.2 Å². The Hall–Kier alpha value is 0.988. The number of hydrogen-bond donors (Lipinski definition) is 0. The molecule has 0 aromatic rings. The fourth-order valence-corrected chi connectivity index (χ4v) is 0. The standard InChI is InChI=1S/2Cr.8O.Zr/q;;;;;;4*-1;+4. The molecule has 0 radical (unpaired) electrons. The fraction of sp³-hybridized carbons (Fsp3) is 0. The van der Waals surface area contributed by atoms with Gasteiger partial charge in [0, 0.05) is 0 Å². The maximum absolute atomic E-state index is 8.59. The minimum absolute atomic E-state index is 0. The molecule has 0 atom stereocenters. The van der Waals surface area contributed by atoms with Crippen molar-refractivity contribution in [1.29, 1.82) is 0 Å². The minimum Gasteiger partial charge on any atom is 4.00 e. The predicted octanol–water partition coefficient (Wildman–Crippen LogP) is -5.24. The molecule has 11 heteroatoms. The molecule has 0 unspecified atom stereocenters. The van der Waals surface area contributed by atoms with Crippen molar-refractivity contribution in [3.8, 4) is 0 Å². The largest absolute Gasteiger partial charge is 4.00 e. The van der Waals surface area contributed by atoms with Gasteiger partial charge in [-0.05, 0) is 0 Å². The average molecular weight is 323 g/mol. The third kappa shape index (κ3) is 909. The molecule has 64 valence electrons. The van der Waals surface area contributed by atoms with E-state index in [-0.39, 0.29) is 26.2 Å².